The zero-order valence-electron chi connectivity index (χ0n) is 15.0. The largest absolute Gasteiger partial charge is 0.495 e. The minimum absolute atomic E-state index is 0.0365. The van der Waals surface area contributed by atoms with Crippen LogP contribution in [0.15, 0.2) is 54.1 Å². The predicted octanol–water partition coefficient (Wildman–Crippen LogP) is 4.54. The van der Waals surface area contributed by atoms with Gasteiger partial charge in [-0.15, -0.1) is 0 Å². The lowest BCUT2D eigenvalue weighted by Gasteiger charge is -2.18. The average molecular weight is 334 g/mol. The van der Waals surface area contributed by atoms with E-state index in [0.29, 0.717) is 11.4 Å². The van der Waals surface area contributed by atoms with Crippen LogP contribution in [0.25, 0.3) is 6.08 Å². The number of nitrogens with zero attached hydrogens (tertiary/aromatic N) is 1. The van der Waals surface area contributed by atoms with E-state index in [4.69, 9.17) is 4.74 Å². The van der Waals surface area contributed by atoms with E-state index in [-0.39, 0.29) is 11.0 Å². The van der Waals surface area contributed by atoms with Crippen molar-refractivity contribution in [3.63, 3.8) is 0 Å². The first-order valence-electron chi connectivity index (χ1n) is 8.02. The topological polar surface area (TPSA) is 62.1 Å². The van der Waals surface area contributed by atoms with E-state index in [0.717, 1.165) is 5.56 Å². The molecule has 0 saturated carbocycles. The van der Waals surface area contributed by atoms with Gasteiger partial charge >= 0.3 is 0 Å². The third kappa shape index (κ3) is 4.71. The third-order valence-electron chi connectivity index (χ3n) is 3.81. The fraction of sp³-hybridized carbons (Fsp3) is 0.238. The summed E-state index contributed by atoms with van der Waals surface area (Å²) < 4.78 is 5.21. The van der Waals surface area contributed by atoms with Gasteiger partial charge in [0.2, 0.25) is 0 Å². The molecule has 128 valence electrons. The standard InChI is InChI=1S/C21H22N2O2/c1-21(2,3)17-11-9-15(10-12-17)13-16(14-22)20(24)23-18-7-5-6-8-19(18)25-4/h5-13H,1-4H3,(H,23,24)/b16-13+. The Morgan fingerprint density at radius 2 is 1.76 bits per heavy atom. The molecule has 0 unspecified atom stereocenters. The summed E-state index contributed by atoms with van der Waals surface area (Å²) in [6, 6.07) is 16.9. The van der Waals surface area contributed by atoms with Crippen molar-refractivity contribution >= 4 is 17.7 Å². The summed E-state index contributed by atoms with van der Waals surface area (Å²) in [5, 5.41) is 12.0. The van der Waals surface area contributed by atoms with Crippen LogP contribution in [0.5, 0.6) is 5.75 Å². The maximum absolute atomic E-state index is 12.4. The summed E-state index contributed by atoms with van der Waals surface area (Å²) in [6.45, 7) is 6.41. The Balaban J connectivity index is 2.22. The molecule has 0 atom stereocenters. The fourth-order valence-corrected chi connectivity index (χ4v) is 2.33. The second-order valence-electron chi connectivity index (χ2n) is 6.70. The molecule has 0 aliphatic heterocycles. The van der Waals surface area contributed by atoms with Gasteiger partial charge < -0.3 is 10.1 Å². The highest BCUT2D eigenvalue weighted by atomic mass is 16.5. The number of rotatable bonds is 4. The van der Waals surface area contributed by atoms with Crippen molar-refractivity contribution in [1.29, 1.82) is 5.26 Å². The van der Waals surface area contributed by atoms with Crippen LogP contribution in [0.3, 0.4) is 0 Å². The lowest BCUT2D eigenvalue weighted by Crippen LogP contribution is -2.14. The van der Waals surface area contributed by atoms with Gasteiger partial charge in [0, 0.05) is 0 Å². The maximum atomic E-state index is 12.4. The van der Waals surface area contributed by atoms with E-state index < -0.39 is 5.91 Å². The van der Waals surface area contributed by atoms with Crippen molar-refractivity contribution in [3.05, 3.63) is 65.2 Å². The summed E-state index contributed by atoms with van der Waals surface area (Å²) in [5.41, 5.74) is 2.62. The first-order chi connectivity index (χ1) is 11.8. The maximum Gasteiger partial charge on any atom is 0.266 e. The number of carbonyl (C=O) groups excluding carboxylic acids is 1. The first kappa shape index (κ1) is 18.3. The number of benzene rings is 2. The SMILES string of the molecule is COc1ccccc1NC(=O)/C(C#N)=C/c1ccc(C(C)(C)C)cc1. The van der Waals surface area contributed by atoms with Crippen LogP contribution in [0.1, 0.15) is 31.9 Å². The number of anilines is 1. The van der Waals surface area contributed by atoms with Crippen LogP contribution >= 0.6 is 0 Å². The van der Waals surface area contributed by atoms with Gasteiger partial charge in [0.25, 0.3) is 5.91 Å². The van der Waals surface area contributed by atoms with Gasteiger partial charge in [0.05, 0.1) is 12.8 Å². The Morgan fingerprint density at radius 1 is 1.12 bits per heavy atom. The minimum atomic E-state index is -0.466. The van der Waals surface area contributed by atoms with Crippen LogP contribution in [0.2, 0.25) is 0 Å². The minimum Gasteiger partial charge on any atom is -0.495 e. The molecule has 25 heavy (non-hydrogen) atoms. The van der Waals surface area contributed by atoms with Gasteiger partial charge in [-0.1, -0.05) is 57.2 Å². The zero-order chi connectivity index (χ0) is 18.4. The Labute approximate surface area is 148 Å². The molecule has 0 radical (unpaired) electrons. The highest BCUT2D eigenvalue weighted by molar-refractivity contribution is 6.10. The smallest absolute Gasteiger partial charge is 0.266 e. The molecule has 0 fully saturated rings. The molecule has 2 rings (SSSR count). The summed E-state index contributed by atoms with van der Waals surface area (Å²) in [4.78, 5) is 12.4. The van der Waals surface area contributed by atoms with E-state index >= 15 is 0 Å². The first-order valence-corrected chi connectivity index (χ1v) is 8.02. The Morgan fingerprint density at radius 3 is 2.32 bits per heavy atom. The molecule has 1 amide bonds. The molecule has 4 nitrogen and oxygen atoms in total. The van der Waals surface area contributed by atoms with Crippen molar-refractivity contribution in [2.45, 2.75) is 26.2 Å². The number of nitriles is 1. The third-order valence-corrected chi connectivity index (χ3v) is 3.81. The number of hydrogen-bond acceptors (Lipinski definition) is 3. The Kier molecular flexibility index (Phi) is 5.61. The average Bonchev–Trinajstić information content (AvgIpc) is 2.59. The monoisotopic (exact) mass is 334 g/mol. The van der Waals surface area contributed by atoms with Crippen LogP contribution in [-0.2, 0) is 10.2 Å². The lowest BCUT2D eigenvalue weighted by atomic mass is 9.86. The quantitative estimate of drug-likeness (QED) is 0.659. The number of para-hydroxylation sites is 2. The summed E-state index contributed by atoms with van der Waals surface area (Å²) in [5.74, 6) is 0.0783. The van der Waals surface area contributed by atoms with Gasteiger partial charge in [-0.25, -0.2) is 0 Å². The number of hydrogen-bond donors (Lipinski definition) is 1. The summed E-state index contributed by atoms with van der Waals surface area (Å²) in [7, 11) is 1.53. The van der Waals surface area contributed by atoms with Gasteiger partial charge in [-0.3, -0.25) is 4.79 Å². The number of nitrogens with one attached hydrogen (secondary N) is 1. The molecule has 2 aromatic carbocycles. The number of carbonyl (C=O) groups is 1. The summed E-state index contributed by atoms with van der Waals surface area (Å²) >= 11 is 0. The molecule has 0 aliphatic carbocycles. The van der Waals surface area contributed by atoms with Crippen molar-refractivity contribution in [2.24, 2.45) is 0 Å². The van der Waals surface area contributed by atoms with Crippen LogP contribution < -0.4 is 10.1 Å². The van der Waals surface area contributed by atoms with E-state index in [1.54, 1.807) is 24.3 Å². The number of methoxy groups -OCH3 is 1. The van der Waals surface area contributed by atoms with Gasteiger partial charge in [-0.05, 0) is 34.8 Å². The highest BCUT2D eigenvalue weighted by Gasteiger charge is 2.14. The van der Waals surface area contributed by atoms with Crippen molar-refractivity contribution in [1.82, 2.24) is 0 Å². The van der Waals surface area contributed by atoms with Crippen LogP contribution in [0.4, 0.5) is 5.69 Å². The van der Waals surface area contributed by atoms with Crippen LogP contribution in [-0.4, -0.2) is 13.0 Å². The molecule has 0 saturated heterocycles. The van der Waals surface area contributed by atoms with Gasteiger partial charge in [0.1, 0.15) is 17.4 Å². The van der Waals surface area contributed by atoms with E-state index in [9.17, 15) is 10.1 Å². The van der Waals surface area contributed by atoms with E-state index in [2.05, 4.69) is 26.1 Å². The van der Waals surface area contributed by atoms with Gasteiger partial charge in [-0.2, -0.15) is 5.26 Å². The lowest BCUT2D eigenvalue weighted by molar-refractivity contribution is -0.112. The second-order valence-corrected chi connectivity index (χ2v) is 6.70. The molecule has 2 aromatic rings. The molecule has 1 N–H and O–H groups in total. The molecule has 0 heterocycles. The summed E-state index contributed by atoms with van der Waals surface area (Å²) in [6.07, 6.45) is 1.58. The molecule has 4 heteroatoms. The molecule has 0 spiro atoms. The van der Waals surface area contributed by atoms with Crippen molar-refractivity contribution in [3.8, 4) is 11.8 Å². The molecular weight excluding hydrogens is 312 g/mol. The van der Waals surface area contributed by atoms with E-state index in [1.807, 2.05) is 36.4 Å². The highest BCUT2D eigenvalue weighted by Crippen LogP contribution is 2.25. The molecule has 0 aromatic heterocycles. The Bertz CT molecular complexity index is 822. The zero-order valence-corrected chi connectivity index (χ0v) is 15.0. The number of amides is 1. The second kappa shape index (κ2) is 7.67. The molecule has 0 aliphatic rings. The molecular formula is C21H22N2O2. The van der Waals surface area contributed by atoms with Crippen molar-refractivity contribution < 1.29 is 9.53 Å². The molecule has 0 bridgehead atoms. The predicted molar refractivity (Wildman–Crippen MR) is 100 cm³/mol. The van der Waals surface area contributed by atoms with E-state index in [1.165, 1.54) is 12.7 Å². The normalized spacial score (nSPS) is 11.6. The van der Waals surface area contributed by atoms with Crippen molar-refractivity contribution in [2.75, 3.05) is 12.4 Å². The Hall–Kier alpha value is -3.06. The van der Waals surface area contributed by atoms with Crippen LogP contribution in [0, 0.1) is 11.3 Å². The number of ether oxygens (including phenoxy) is 1. The van der Waals surface area contributed by atoms with Gasteiger partial charge in [0.15, 0.2) is 0 Å². The fourth-order valence-electron chi connectivity index (χ4n) is 2.33.